The van der Waals surface area contributed by atoms with Gasteiger partial charge in [-0.1, -0.05) is 60.7 Å². The van der Waals surface area contributed by atoms with Crippen LogP contribution < -0.4 is 5.32 Å². The summed E-state index contributed by atoms with van der Waals surface area (Å²) in [6.45, 7) is 1.58. The summed E-state index contributed by atoms with van der Waals surface area (Å²) in [5.41, 5.74) is 3.00. The van der Waals surface area contributed by atoms with E-state index in [1.54, 1.807) is 13.0 Å². The first-order valence-electron chi connectivity index (χ1n) is 10.1. The van der Waals surface area contributed by atoms with E-state index in [9.17, 15) is 9.59 Å². The van der Waals surface area contributed by atoms with E-state index in [4.69, 9.17) is 4.74 Å². The molecule has 4 aromatic rings. The third kappa shape index (κ3) is 5.22. The largest absolute Gasteiger partial charge is 0.449 e. The Balaban J connectivity index is 1.50. The number of hydrogen-bond acceptors (Lipinski definition) is 5. The van der Waals surface area contributed by atoms with Crippen LogP contribution in [0.1, 0.15) is 16.7 Å². The molecular formula is C26H21NO3S2. The van der Waals surface area contributed by atoms with Gasteiger partial charge in [0, 0.05) is 21.0 Å². The van der Waals surface area contributed by atoms with Gasteiger partial charge in [-0.3, -0.25) is 4.79 Å². The van der Waals surface area contributed by atoms with Crippen LogP contribution in [0.2, 0.25) is 0 Å². The average molecular weight is 460 g/mol. The number of rotatable bonds is 7. The van der Waals surface area contributed by atoms with Crippen molar-refractivity contribution in [1.29, 1.82) is 0 Å². The number of hydrogen-bond donors (Lipinski definition) is 1. The van der Waals surface area contributed by atoms with Crippen LogP contribution in [0.4, 0.5) is 5.69 Å². The number of carbonyl (C=O) groups is 2. The van der Waals surface area contributed by atoms with Crippen molar-refractivity contribution in [3.05, 3.63) is 99.4 Å². The topological polar surface area (TPSA) is 55.4 Å². The minimum absolute atomic E-state index is 0.386. The Kier molecular flexibility index (Phi) is 6.94. The van der Waals surface area contributed by atoms with Crippen molar-refractivity contribution >= 4 is 51.9 Å². The molecule has 1 atom stereocenters. The highest BCUT2D eigenvalue weighted by Gasteiger charge is 2.23. The van der Waals surface area contributed by atoms with Gasteiger partial charge in [-0.05, 0) is 47.5 Å². The maximum Gasteiger partial charge on any atom is 0.340 e. The number of para-hydroxylation sites is 1. The van der Waals surface area contributed by atoms with Crippen molar-refractivity contribution in [3.63, 3.8) is 0 Å². The van der Waals surface area contributed by atoms with Crippen LogP contribution in [-0.4, -0.2) is 18.0 Å². The highest BCUT2D eigenvalue weighted by atomic mass is 32.1. The summed E-state index contributed by atoms with van der Waals surface area (Å²) in [6.07, 6.45) is 0.840. The Morgan fingerprint density at radius 3 is 2.31 bits per heavy atom. The van der Waals surface area contributed by atoms with Crippen molar-refractivity contribution in [3.8, 4) is 11.1 Å². The van der Waals surface area contributed by atoms with Gasteiger partial charge in [-0.15, -0.1) is 22.7 Å². The normalized spacial score (nSPS) is 12.2. The van der Waals surface area contributed by atoms with Gasteiger partial charge in [0.2, 0.25) is 0 Å². The average Bonchev–Trinajstić information content (AvgIpc) is 3.52. The lowest BCUT2D eigenvalue weighted by Crippen LogP contribution is -2.30. The lowest BCUT2D eigenvalue weighted by molar-refractivity contribution is -0.147. The number of carbonyl (C=O) groups excluding carboxylic acids is 2. The molecule has 2 aromatic carbocycles. The van der Waals surface area contributed by atoms with Crippen LogP contribution in [0.15, 0.2) is 89.6 Å². The summed E-state index contributed by atoms with van der Waals surface area (Å²) >= 11 is 2.99. The predicted molar refractivity (Wildman–Crippen MR) is 133 cm³/mol. The highest BCUT2D eigenvalue weighted by Crippen LogP contribution is 2.29. The fourth-order valence-corrected chi connectivity index (χ4v) is 4.54. The first-order chi connectivity index (χ1) is 15.6. The lowest BCUT2D eigenvalue weighted by Gasteiger charge is -2.16. The lowest BCUT2D eigenvalue weighted by atomic mass is 10.0. The fraction of sp³-hybridized carbons (Fsp3) is 0.0769. The van der Waals surface area contributed by atoms with E-state index in [-0.39, 0.29) is 5.91 Å². The molecule has 1 N–H and O–H groups in total. The number of benzene rings is 2. The molecule has 2 heterocycles. The molecule has 2 aromatic heterocycles. The Labute approximate surface area is 194 Å². The molecule has 0 aliphatic heterocycles. The van der Waals surface area contributed by atoms with E-state index >= 15 is 0 Å². The van der Waals surface area contributed by atoms with Crippen molar-refractivity contribution in [2.75, 3.05) is 5.32 Å². The van der Waals surface area contributed by atoms with E-state index in [1.165, 1.54) is 22.7 Å². The summed E-state index contributed by atoms with van der Waals surface area (Å²) in [4.78, 5) is 27.6. The van der Waals surface area contributed by atoms with E-state index < -0.39 is 12.1 Å². The SMILES string of the molecule is C[C@H](OC(=O)/C(=C/c1cccs1)c1cccs1)C(=O)Nc1ccccc1-c1ccccc1. The number of nitrogens with one attached hydrogen (secondary N) is 1. The highest BCUT2D eigenvalue weighted by molar-refractivity contribution is 7.12. The molecular weight excluding hydrogens is 438 g/mol. The second-order valence-electron chi connectivity index (χ2n) is 7.00. The molecule has 0 saturated heterocycles. The number of anilines is 1. The second kappa shape index (κ2) is 10.2. The number of ether oxygens (including phenoxy) is 1. The Morgan fingerprint density at radius 2 is 1.59 bits per heavy atom. The van der Waals surface area contributed by atoms with Gasteiger partial charge in [0.25, 0.3) is 5.91 Å². The van der Waals surface area contributed by atoms with Gasteiger partial charge in [-0.2, -0.15) is 0 Å². The van der Waals surface area contributed by atoms with E-state index in [1.807, 2.05) is 89.6 Å². The van der Waals surface area contributed by atoms with Gasteiger partial charge in [-0.25, -0.2) is 4.79 Å². The zero-order valence-electron chi connectivity index (χ0n) is 17.4. The summed E-state index contributed by atoms with van der Waals surface area (Å²) in [7, 11) is 0. The molecule has 0 unspecified atom stereocenters. The molecule has 0 spiro atoms. The molecule has 1 amide bonds. The van der Waals surface area contributed by atoms with Crippen LogP contribution in [0, 0.1) is 0 Å². The molecule has 0 aliphatic rings. The molecule has 0 radical (unpaired) electrons. The van der Waals surface area contributed by atoms with Gasteiger partial charge in [0.05, 0.1) is 5.57 Å². The van der Waals surface area contributed by atoms with E-state index in [0.29, 0.717) is 11.3 Å². The maximum absolute atomic E-state index is 13.0. The minimum atomic E-state index is -0.960. The van der Waals surface area contributed by atoms with Crippen LogP contribution in [-0.2, 0) is 14.3 Å². The maximum atomic E-state index is 13.0. The monoisotopic (exact) mass is 459 g/mol. The van der Waals surface area contributed by atoms with E-state index in [0.717, 1.165) is 20.9 Å². The Hall–Kier alpha value is -3.48. The van der Waals surface area contributed by atoms with Crippen molar-refractivity contribution in [2.24, 2.45) is 0 Å². The molecule has 0 bridgehead atoms. The third-order valence-electron chi connectivity index (χ3n) is 4.76. The van der Waals surface area contributed by atoms with Crippen molar-refractivity contribution in [2.45, 2.75) is 13.0 Å². The zero-order chi connectivity index (χ0) is 22.3. The predicted octanol–water partition coefficient (Wildman–Crippen LogP) is 6.59. The summed E-state index contributed by atoms with van der Waals surface area (Å²) in [5, 5.41) is 6.75. The molecule has 0 fully saturated rings. The van der Waals surface area contributed by atoms with Gasteiger partial charge in [0.1, 0.15) is 0 Å². The molecule has 32 heavy (non-hydrogen) atoms. The number of esters is 1. The van der Waals surface area contributed by atoms with Crippen molar-refractivity contribution < 1.29 is 14.3 Å². The standard InChI is InChI=1S/C26H21NO3S2/c1-18(25(28)27-23-13-6-5-12-21(23)19-9-3-2-4-10-19)30-26(29)22(24-14-8-16-32-24)17-20-11-7-15-31-20/h2-18H,1H3,(H,27,28)/b22-17+/t18-/m0/s1. The second-order valence-corrected chi connectivity index (χ2v) is 8.93. The molecule has 4 nitrogen and oxygen atoms in total. The van der Waals surface area contributed by atoms with Gasteiger partial charge in [0.15, 0.2) is 6.10 Å². The van der Waals surface area contributed by atoms with Crippen LogP contribution in [0.3, 0.4) is 0 Å². The Bertz CT molecular complexity index is 1210. The molecule has 6 heteroatoms. The summed E-state index contributed by atoms with van der Waals surface area (Å²) in [6, 6.07) is 25.0. The summed E-state index contributed by atoms with van der Waals surface area (Å²) in [5.74, 6) is -0.914. The van der Waals surface area contributed by atoms with Crippen molar-refractivity contribution in [1.82, 2.24) is 0 Å². The first-order valence-corrected chi connectivity index (χ1v) is 11.8. The molecule has 0 aliphatic carbocycles. The van der Waals surface area contributed by atoms with Crippen LogP contribution >= 0.6 is 22.7 Å². The number of thiophene rings is 2. The van der Waals surface area contributed by atoms with E-state index in [2.05, 4.69) is 5.32 Å². The molecule has 160 valence electrons. The molecule has 0 saturated carbocycles. The quantitative estimate of drug-likeness (QED) is 0.251. The summed E-state index contributed by atoms with van der Waals surface area (Å²) < 4.78 is 5.56. The first kappa shape index (κ1) is 21.7. The van der Waals surface area contributed by atoms with Gasteiger partial charge >= 0.3 is 5.97 Å². The number of amides is 1. The van der Waals surface area contributed by atoms with Crippen LogP contribution in [0.25, 0.3) is 22.8 Å². The van der Waals surface area contributed by atoms with Gasteiger partial charge < -0.3 is 10.1 Å². The fourth-order valence-electron chi connectivity index (χ4n) is 3.15. The third-order valence-corrected chi connectivity index (χ3v) is 6.48. The smallest absolute Gasteiger partial charge is 0.340 e. The van der Waals surface area contributed by atoms with Crippen LogP contribution in [0.5, 0.6) is 0 Å². The zero-order valence-corrected chi connectivity index (χ0v) is 19.0. The Morgan fingerprint density at radius 1 is 0.875 bits per heavy atom. The minimum Gasteiger partial charge on any atom is -0.449 e. The molecule has 4 rings (SSSR count).